The molecule has 1 aliphatic carbocycles. The molecule has 0 heterocycles. The Morgan fingerprint density at radius 3 is 2.74 bits per heavy atom. The van der Waals surface area contributed by atoms with Crippen LogP contribution in [0.1, 0.15) is 30.4 Å². The average molecular weight is 259 g/mol. The Bertz CT molecular complexity index is 530. The molecule has 4 nitrogen and oxygen atoms in total. The van der Waals surface area contributed by atoms with Crippen LogP contribution in [0.3, 0.4) is 0 Å². The monoisotopic (exact) mass is 259 g/mol. The molecule has 0 atom stereocenters. The van der Waals surface area contributed by atoms with Crippen molar-refractivity contribution in [2.24, 2.45) is 5.92 Å². The molecule has 0 aliphatic heterocycles. The zero-order valence-corrected chi connectivity index (χ0v) is 10.8. The summed E-state index contributed by atoms with van der Waals surface area (Å²) in [6.07, 6.45) is 5.48. The summed E-state index contributed by atoms with van der Waals surface area (Å²) in [5.74, 6) is -0.404. The van der Waals surface area contributed by atoms with Crippen LogP contribution in [0.25, 0.3) is 6.08 Å². The Hall–Kier alpha value is -2.10. The van der Waals surface area contributed by atoms with Gasteiger partial charge in [0.1, 0.15) is 0 Å². The number of aliphatic carboxylic acids is 1. The number of amides is 1. The SMILES string of the molecule is Cc1cc(/C=C/C(=O)O)cc(NC(=O)CC2CC2)c1. The van der Waals surface area contributed by atoms with Crippen LogP contribution >= 0.6 is 0 Å². The first kappa shape index (κ1) is 13.3. The third-order valence-corrected chi connectivity index (χ3v) is 2.97. The predicted octanol–water partition coefficient (Wildman–Crippen LogP) is 2.83. The number of anilines is 1. The molecule has 1 amide bonds. The summed E-state index contributed by atoms with van der Waals surface area (Å²) < 4.78 is 0. The van der Waals surface area contributed by atoms with Gasteiger partial charge in [-0.15, -0.1) is 0 Å². The molecule has 2 rings (SSSR count). The lowest BCUT2D eigenvalue weighted by Gasteiger charge is -2.07. The molecule has 19 heavy (non-hydrogen) atoms. The van der Waals surface area contributed by atoms with Crippen LogP contribution in [0.2, 0.25) is 0 Å². The number of aryl methyl sites for hydroxylation is 1. The lowest BCUT2D eigenvalue weighted by molar-refractivity contribution is -0.131. The molecular weight excluding hydrogens is 242 g/mol. The maximum atomic E-state index is 11.7. The van der Waals surface area contributed by atoms with Gasteiger partial charge in [-0.05, 0) is 55.0 Å². The summed E-state index contributed by atoms with van der Waals surface area (Å²) in [5.41, 5.74) is 2.47. The number of benzene rings is 1. The molecular formula is C15H17NO3. The average Bonchev–Trinajstić information content (AvgIpc) is 3.09. The van der Waals surface area contributed by atoms with Gasteiger partial charge in [0.25, 0.3) is 0 Å². The molecule has 0 unspecified atom stereocenters. The maximum absolute atomic E-state index is 11.7. The van der Waals surface area contributed by atoms with E-state index in [4.69, 9.17) is 5.11 Å². The van der Waals surface area contributed by atoms with Gasteiger partial charge in [0.15, 0.2) is 0 Å². The minimum absolute atomic E-state index is 0.0289. The van der Waals surface area contributed by atoms with E-state index in [9.17, 15) is 9.59 Å². The van der Waals surface area contributed by atoms with Crippen LogP contribution in [-0.4, -0.2) is 17.0 Å². The van der Waals surface area contributed by atoms with Crippen molar-refractivity contribution in [1.82, 2.24) is 0 Å². The van der Waals surface area contributed by atoms with Gasteiger partial charge in [0.2, 0.25) is 5.91 Å². The molecule has 0 saturated heterocycles. The smallest absolute Gasteiger partial charge is 0.328 e. The van der Waals surface area contributed by atoms with Gasteiger partial charge >= 0.3 is 5.97 Å². The van der Waals surface area contributed by atoms with Crippen LogP contribution in [0.5, 0.6) is 0 Å². The topological polar surface area (TPSA) is 66.4 Å². The van der Waals surface area contributed by atoms with Crippen molar-refractivity contribution in [3.05, 3.63) is 35.4 Å². The van der Waals surface area contributed by atoms with E-state index in [1.807, 2.05) is 19.1 Å². The van der Waals surface area contributed by atoms with Gasteiger partial charge in [0, 0.05) is 18.2 Å². The molecule has 0 bridgehead atoms. The van der Waals surface area contributed by atoms with Crippen LogP contribution in [0.4, 0.5) is 5.69 Å². The van der Waals surface area contributed by atoms with Crippen molar-refractivity contribution < 1.29 is 14.7 Å². The second-order valence-electron chi connectivity index (χ2n) is 5.00. The predicted molar refractivity (Wildman–Crippen MR) is 73.8 cm³/mol. The lowest BCUT2D eigenvalue weighted by atomic mass is 10.1. The summed E-state index contributed by atoms with van der Waals surface area (Å²) >= 11 is 0. The van der Waals surface area contributed by atoms with Crippen molar-refractivity contribution in [3.8, 4) is 0 Å². The zero-order chi connectivity index (χ0) is 13.8. The summed E-state index contributed by atoms with van der Waals surface area (Å²) in [4.78, 5) is 22.2. The van der Waals surface area contributed by atoms with Crippen molar-refractivity contribution in [1.29, 1.82) is 0 Å². The number of carbonyl (C=O) groups is 2. The number of nitrogens with one attached hydrogen (secondary N) is 1. The van der Waals surface area contributed by atoms with Gasteiger partial charge in [-0.1, -0.05) is 6.07 Å². The van der Waals surface area contributed by atoms with E-state index in [0.717, 1.165) is 35.7 Å². The van der Waals surface area contributed by atoms with E-state index in [2.05, 4.69) is 5.32 Å². The Morgan fingerprint density at radius 1 is 1.37 bits per heavy atom. The molecule has 0 radical (unpaired) electrons. The van der Waals surface area contributed by atoms with Crippen molar-refractivity contribution in [2.45, 2.75) is 26.2 Å². The highest BCUT2D eigenvalue weighted by molar-refractivity contribution is 5.92. The number of rotatable bonds is 5. The van der Waals surface area contributed by atoms with Crippen LogP contribution in [0.15, 0.2) is 24.3 Å². The number of carbonyl (C=O) groups excluding carboxylic acids is 1. The standard InChI is InChI=1S/C15H17NO3/c1-10-6-12(4-5-15(18)19)8-13(7-10)16-14(17)9-11-2-3-11/h4-8,11H,2-3,9H2,1H3,(H,16,17)(H,18,19)/b5-4+. The van der Waals surface area contributed by atoms with Gasteiger partial charge < -0.3 is 10.4 Å². The third kappa shape index (κ3) is 4.58. The molecule has 1 aliphatic rings. The van der Waals surface area contributed by atoms with Gasteiger partial charge in [0.05, 0.1) is 0 Å². The molecule has 1 saturated carbocycles. The normalized spacial score (nSPS) is 14.6. The van der Waals surface area contributed by atoms with E-state index in [-0.39, 0.29) is 5.91 Å². The number of hydrogen-bond donors (Lipinski definition) is 2. The van der Waals surface area contributed by atoms with E-state index < -0.39 is 5.97 Å². The summed E-state index contributed by atoms with van der Waals surface area (Å²) in [6, 6.07) is 5.52. The quantitative estimate of drug-likeness (QED) is 0.799. The minimum atomic E-state index is -0.985. The molecule has 1 aromatic rings. The second kappa shape index (κ2) is 5.69. The third-order valence-electron chi connectivity index (χ3n) is 2.97. The Morgan fingerprint density at radius 2 is 2.11 bits per heavy atom. The van der Waals surface area contributed by atoms with E-state index in [1.165, 1.54) is 6.08 Å². The van der Waals surface area contributed by atoms with Gasteiger partial charge in [-0.25, -0.2) is 4.79 Å². The maximum Gasteiger partial charge on any atom is 0.328 e. The molecule has 2 N–H and O–H groups in total. The summed E-state index contributed by atoms with van der Waals surface area (Å²) in [5, 5.41) is 11.5. The first-order valence-electron chi connectivity index (χ1n) is 6.35. The molecule has 1 fully saturated rings. The highest BCUT2D eigenvalue weighted by Gasteiger charge is 2.24. The number of hydrogen-bond acceptors (Lipinski definition) is 2. The molecule has 0 aromatic heterocycles. The van der Waals surface area contributed by atoms with Gasteiger partial charge in [-0.3, -0.25) is 4.79 Å². The fraction of sp³-hybridized carbons (Fsp3) is 0.333. The fourth-order valence-corrected chi connectivity index (χ4v) is 1.94. The molecule has 100 valence electrons. The highest BCUT2D eigenvalue weighted by atomic mass is 16.4. The summed E-state index contributed by atoms with van der Waals surface area (Å²) in [6.45, 7) is 1.91. The van der Waals surface area contributed by atoms with Crippen molar-refractivity contribution in [2.75, 3.05) is 5.32 Å². The zero-order valence-electron chi connectivity index (χ0n) is 10.8. The molecule has 4 heteroatoms. The second-order valence-corrected chi connectivity index (χ2v) is 5.00. The first-order valence-corrected chi connectivity index (χ1v) is 6.35. The largest absolute Gasteiger partial charge is 0.478 e. The molecule has 1 aromatic carbocycles. The van der Waals surface area contributed by atoms with E-state index >= 15 is 0 Å². The van der Waals surface area contributed by atoms with E-state index in [1.54, 1.807) is 6.07 Å². The van der Waals surface area contributed by atoms with Crippen molar-refractivity contribution >= 4 is 23.6 Å². The minimum Gasteiger partial charge on any atom is -0.478 e. The lowest BCUT2D eigenvalue weighted by Crippen LogP contribution is -2.12. The first-order chi connectivity index (χ1) is 9.02. The van der Waals surface area contributed by atoms with Crippen molar-refractivity contribution in [3.63, 3.8) is 0 Å². The number of carboxylic acids is 1. The Labute approximate surface area is 112 Å². The number of carboxylic acid groups (broad SMARTS) is 1. The Balaban J connectivity index is 2.06. The van der Waals surface area contributed by atoms with E-state index in [0.29, 0.717) is 12.3 Å². The Kier molecular flexibility index (Phi) is 4.00. The van der Waals surface area contributed by atoms with Gasteiger partial charge in [-0.2, -0.15) is 0 Å². The fourth-order valence-electron chi connectivity index (χ4n) is 1.94. The molecule has 0 spiro atoms. The van der Waals surface area contributed by atoms with Crippen LogP contribution in [0, 0.1) is 12.8 Å². The van der Waals surface area contributed by atoms with Crippen LogP contribution in [-0.2, 0) is 9.59 Å². The van der Waals surface area contributed by atoms with Crippen LogP contribution < -0.4 is 5.32 Å². The highest BCUT2D eigenvalue weighted by Crippen LogP contribution is 2.32. The summed E-state index contributed by atoms with van der Waals surface area (Å²) in [7, 11) is 0.